The van der Waals surface area contributed by atoms with Gasteiger partial charge in [0, 0.05) is 19.2 Å². The van der Waals surface area contributed by atoms with Crippen molar-refractivity contribution in [3.8, 4) is 0 Å². The van der Waals surface area contributed by atoms with Crippen LogP contribution in [-0.2, 0) is 10.3 Å². The van der Waals surface area contributed by atoms with Gasteiger partial charge in [0.05, 0.1) is 35.7 Å². The van der Waals surface area contributed by atoms with Crippen LogP contribution in [0.25, 0.3) is 0 Å². The lowest BCUT2D eigenvalue weighted by atomic mass is 9.86. The second-order valence-electron chi connectivity index (χ2n) is 4.92. The lowest BCUT2D eigenvalue weighted by molar-refractivity contribution is 0.000917. The van der Waals surface area contributed by atoms with E-state index in [9.17, 15) is 5.11 Å². The van der Waals surface area contributed by atoms with Crippen molar-refractivity contribution < 1.29 is 9.84 Å². The molecular formula is C12H15ClN2O2. The molecule has 0 aromatic carbocycles. The number of ether oxygens (including phenoxy) is 1. The molecule has 2 unspecified atom stereocenters. The van der Waals surface area contributed by atoms with Crippen molar-refractivity contribution in [1.82, 2.24) is 4.98 Å². The average Bonchev–Trinajstić information content (AvgIpc) is 2.28. The molecule has 0 spiro atoms. The predicted molar refractivity (Wildman–Crippen MR) is 65.4 cm³/mol. The average molecular weight is 255 g/mol. The Hall–Kier alpha value is -0.840. The van der Waals surface area contributed by atoms with E-state index in [1.54, 1.807) is 13.1 Å². The largest absolute Gasteiger partial charge is 0.384 e. The van der Waals surface area contributed by atoms with Crippen LogP contribution in [0.4, 0.5) is 5.69 Å². The lowest BCUT2D eigenvalue weighted by Gasteiger charge is -2.46. The molecule has 17 heavy (non-hydrogen) atoms. The minimum Gasteiger partial charge on any atom is -0.384 e. The molecule has 1 aromatic rings. The number of rotatable bonds is 0. The molecule has 0 aliphatic carbocycles. The van der Waals surface area contributed by atoms with Crippen molar-refractivity contribution in [1.29, 1.82) is 0 Å². The molecule has 0 radical (unpaired) electrons. The van der Waals surface area contributed by atoms with E-state index in [1.165, 1.54) is 0 Å². The monoisotopic (exact) mass is 254 g/mol. The van der Waals surface area contributed by atoms with Crippen LogP contribution in [0.1, 0.15) is 19.0 Å². The number of aliphatic hydroxyl groups is 1. The third-order valence-corrected chi connectivity index (χ3v) is 3.72. The van der Waals surface area contributed by atoms with E-state index in [2.05, 4.69) is 9.88 Å². The second kappa shape index (κ2) is 3.83. The standard InChI is InChI=1S/C12H15ClN2O2/c1-12(16)5-9-7-17-3-2-15(9)10-4-8(13)6-14-11(10)12/h4,6,9,16H,2-3,5,7H2,1H3. The van der Waals surface area contributed by atoms with Crippen LogP contribution in [0.3, 0.4) is 0 Å². The molecule has 4 nitrogen and oxygen atoms in total. The summed E-state index contributed by atoms with van der Waals surface area (Å²) in [5.41, 5.74) is 0.768. The Morgan fingerprint density at radius 1 is 1.65 bits per heavy atom. The van der Waals surface area contributed by atoms with E-state index in [0.29, 0.717) is 24.7 Å². The highest BCUT2D eigenvalue weighted by molar-refractivity contribution is 6.30. The van der Waals surface area contributed by atoms with Crippen LogP contribution >= 0.6 is 11.6 Å². The van der Waals surface area contributed by atoms with E-state index >= 15 is 0 Å². The van der Waals surface area contributed by atoms with E-state index in [-0.39, 0.29) is 6.04 Å². The summed E-state index contributed by atoms with van der Waals surface area (Å²) in [5.74, 6) is 0. The highest BCUT2D eigenvalue weighted by Crippen LogP contribution is 2.41. The third-order valence-electron chi connectivity index (χ3n) is 3.51. The maximum atomic E-state index is 10.5. The molecule has 3 heterocycles. The highest BCUT2D eigenvalue weighted by Gasteiger charge is 2.41. The maximum absolute atomic E-state index is 10.5. The van der Waals surface area contributed by atoms with Gasteiger partial charge in [-0.2, -0.15) is 0 Å². The van der Waals surface area contributed by atoms with E-state index in [1.807, 2.05) is 6.07 Å². The zero-order chi connectivity index (χ0) is 12.0. The molecule has 3 rings (SSSR count). The van der Waals surface area contributed by atoms with Gasteiger partial charge in [-0.3, -0.25) is 4.98 Å². The molecule has 92 valence electrons. The topological polar surface area (TPSA) is 45.6 Å². The zero-order valence-corrected chi connectivity index (χ0v) is 10.4. The zero-order valence-electron chi connectivity index (χ0n) is 9.69. The molecule has 0 saturated carbocycles. The Morgan fingerprint density at radius 3 is 3.29 bits per heavy atom. The Bertz CT molecular complexity index is 450. The minimum atomic E-state index is -0.901. The number of nitrogens with zero attached hydrogens (tertiary/aromatic N) is 2. The first-order chi connectivity index (χ1) is 8.08. The lowest BCUT2D eigenvalue weighted by Crippen LogP contribution is -2.53. The predicted octanol–water partition coefficient (Wildman–Crippen LogP) is 1.55. The van der Waals surface area contributed by atoms with Gasteiger partial charge in [0.1, 0.15) is 5.60 Å². The summed E-state index contributed by atoms with van der Waals surface area (Å²) in [7, 11) is 0. The summed E-state index contributed by atoms with van der Waals surface area (Å²) < 4.78 is 5.47. The summed E-state index contributed by atoms with van der Waals surface area (Å²) in [6, 6.07) is 2.10. The molecule has 5 heteroatoms. The number of hydrogen-bond donors (Lipinski definition) is 1. The molecular weight excluding hydrogens is 240 g/mol. The van der Waals surface area contributed by atoms with E-state index in [4.69, 9.17) is 16.3 Å². The Morgan fingerprint density at radius 2 is 2.47 bits per heavy atom. The minimum absolute atomic E-state index is 0.214. The van der Waals surface area contributed by atoms with Gasteiger partial charge in [0.2, 0.25) is 0 Å². The molecule has 2 atom stereocenters. The fourth-order valence-electron chi connectivity index (χ4n) is 2.76. The van der Waals surface area contributed by atoms with Crippen molar-refractivity contribution in [2.24, 2.45) is 0 Å². The molecule has 2 aliphatic heterocycles. The number of aromatic nitrogens is 1. The van der Waals surface area contributed by atoms with Gasteiger partial charge in [0.15, 0.2) is 0 Å². The van der Waals surface area contributed by atoms with Crippen molar-refractivity contribution in [3.05, 3.63) is 23.0 Å². The highest BCUT2D eigenvalue weighted by atomic mass is 35.5. The fraction of sp³-hybridized carbons (Fsp3) is 0.583. The van der Waals surface area contributed by atoms with Crippen LogP contribution < -0.4 is 4.90 Å². The first-order valence-electron chi connectivity index (χ1n) is 5.81. The molecule has 1 N–H and O–H groups in total. The number of morpholine rings is 1. The van der Waals surface area contributed by atoms with Crippen molar-refractivity contribution in [3.63, 3.8) is 0 Å². The quantitative estimate of drug-likeness (QED) is 0.763. The first kappa shape index (κ1) is 11.3. The summed E-state index contributed by atoms with van der Waals surface area (Å²) >= 11 is 6.00. The van der Waals surface area contributed by atoms with E-state index in [0.717, 1.165) is 17.9 Å². The van der Waals surface area contributed by atoms with Crippen LogP contribution in [0.5, 0.6) is 0 Å². The number of pyridine rings is 1. The Kier molecular flexibility index (Phi) is 2.54. The maximum Gasteiger partial charge on any atom is 0.108 e. The van der Waals surface area contributed by atoms with Gasteiger partial charge in [-0.15, -0.1) is 0 Å². The second-order valence-corrected chi connectivity index (χ2v) is 5.36. The Labute approximate surface area is 105 Å². The molecule has 1 fully saturated rings. The van der Waals surface area contributed by atoms with Gasteiger partial charge >= 0.3 is 0 Å². The molecule has 0 amide bonds. The summed E-state index contributed by atoms with van der Waals surface area (Å²) in [4.78, 5) is 6.54. The summed E-state index contributed by atoms with van der Waals surface area (Å²) in [6.45, 7) is 4.00. The molecule has 1 aromatic heterocycles. The molecule has 1 saturated heterocycles. The van der Waals surface area contributed by atoms with Gasteiger partial charge in [-0.1, -0.05) is 11.6 Å². The van der Waals surface area contributed by atoms with Gasteiger partial charge in [0.25, 0.3) is 0 Å². The smallest absolute Gasteiger partial charge is 0.108 e. The molecule has 0 bridgehead atoms. The number of anilines is 1. The van der Waals surface area contributed by atoms with Crippen LogP contribution in [0.15, 0.2) is 12.3 Å². The summed E-state index contributed by atoms with van der Waals surface area (Å²) in [5, 5.41) is 11.1. The van der Waals surface area contributed by atoms with Crippen molar-refractivity contribution in [2.45, 2.75) is 25.0 Å². The normalized spacial score (nSPS) is 31.9. The molecule has 2 aliphatic rings. The van der Waals surface area contributed by atoms with Crippen molar-refractivity contribution in [2.75, 3.05) is 24.7 Å². The number of fused-ring (bicyclic) bond motifs is 3. The van der Waals surface area contributed by atoms with Gasteiger partial charge in [-0.05, 0) is 13.0 Å². The third kappa shape index (κ3) is 1.80. The Balaban J connectivity index is 2.11. The fourth-order valence-corrected chi connectivity index (χ4v) is 2.91. The number of hydrogen-bond acceptors (Lipinski definition) is 4. The SMILES string of the molecule is CC1(O)CC2COCCN2c2cc(Cl)cnc21. The van der Waals surface area contributed by atoms with Crippen LogP contribution in [0, 0.1) is 0 Å². The van der Waals surface area contributed by atoms with Gasteiger partial charge < -0.3 is 14.7 Å². The van der Waals surface area contributed by atoms with E-state index < -0.39 is 5.60 Å². The van der Waals surface area contributed by atoms with Crippen LogP contribution in [0.2, 0.25) is 5.02 Å². The summed E-state index contributed by atoms with van der Waals surface area (Å²) in [6.07, 6.45) is 2.24. The number of halogens is 1. The van der Waals surface area contributed by atoms with Crippen molar-refractivity contribution >= 4 is 17.3 Å². The first-order valence-corrected chi connectivity index (χ1v) is 6.18. The van der Waals surface area contributed by atoms with Gasteiger partial charge in [-0.25, -0.2) is 0 Å². The van der Waals surface area contributed by atoms with Crippen LogP contribution in [-0.4, -0.2) is 35.9 Å².